The molecule has 112 valence electrons. The van der Waals surface area contributed by atoms with E-state index < -0.39 is 17.6 Å². The Morgan fingerprint density at radius 2 is 2.00 bits per heavy atom. The van der Waals surface area contributed by atoms with Crippen LogP contribution in [-0.4, -0.2) is 34.8 Å². The lowest BCUT2D eigenvalue weighted by atomic mass is 9.93. The molecule has 0 spiro atoms. The summed E-state index contributed by atoms with van der Waals surface area (Å²) in [4.78, 5) is 12.2. The third-order valence-corrected chi connectivity index (χ3v) is 4.72. The number of aliphatic hydroxyl groups excluding tert-OH is 1. The molecule has 20 heavy (non-hydrogen) atoms. The van der Waals surface area contributed by atoms with Gasteiger partial charge in [-0.25, -0.2) is 4.79 Å². The fourth-order valence-electron chi connectivity index (χ4n) is 1.66. The van der Waals surface area contributed by atoms with Crippen LogP contribution >= 0.6 is 11.8 Å². The van der Waals surface area contributed by atoms with E-state index in [0.29, 0.717) is 12.4 Å². The monoisotopic (exact) mass is 297 g/mol. The van der Waals surface area contributed by atoms with E-state index in [1.54, 1.807) is 13.8 Å². The number of hydrogen-bond acceptors (Lipinski definition) is 5. The lowest BCUT2D eigenvalue weighted by Gasteiger charge is -2.29. The Morgan fingerprint density at radius 1 is 1.40 bits per heavy atom. The quantitative estimate of drug-likeness (QED) is 0.752. The Kier molecular flexibility index (Phi) is 6.52. The number of ether oxygens (including phenoxy) is 1. The van der Waals surface area contributed by atoms with Gasteiger partial charge in [0.1, 0.15) is 5.54 Å². The number of esters is 1. The molecule has 0 heterocycles. The van der Waals surface area contributed by atoms with E-state index in [1.165, 1.54) is 11.8 Å². The van der Waals surface area contributed by atoms with Gasteiger partial charge in [-0.05, 0) is 19.4 Å². The van der Waals surface area contributed by atoms with Gasteiger partial charge in [0.2, 0.25) is 0 Å². The molecule has 5 heteroatoms. The number of aliphatic hydroxyl groups is 1. The van der Waals surface area contributed by atoms with Crippen LogP contribution in [0, 0.1) is 0 Å². The maximum atomic E-state index is 12.2. The van der Waals surface area contributed by atoms with Crippen molar-refractivity contribution in [3.05, 3.63) is 35.9 Å². The Balaban J connectivity index is 2.93. The van der Waals surface area contributed by atoms with Crippen LogP contribution in [0.3, 0.4) is 0 Å². The molecule has 0 aliphatic rings. The molecule has 3 N–H and O–H groups in total. The van der Waals surface area contributed by atoms with Crippen molar-refractivity contribution in [1.82, 2.24) is 0 Å². The van der Waals surface area contributed by atoms with Crippen LogP contribution in [-0.2, 0) is 15.1 Å². The number of rotatable bonds is 7. The predicted octanol–water partition coefficient (Wildman–Crippen LogP) is 1.91. The normalized spacial score (nSPS) is 17.1. The first-order chi connectivity index (χ1) is 9.41. The minimum Gasteiger partial charge on any atom is -0.464 e. The molecule has 3 unspecified atom stereocenters. The largest absolute Gasteiger partial charge is 0.464 e. The summed E-state index contributed by atoms with van der Waals surface area (Å²) in [5.74, 6) is -0.0708. The van der Waals surface area contributed by atoms with E-state index in [2.05, 4.69) is 0 Å². The lowest BCUT2D eigenvalue weighted by molar-refractivity contribution is -0.149. The van der Waals surface area contributed by atoms with Crippen molar-refractivity contribution >= 4 is 17.7 Å². The third kappa shape index (κ3) is 4.23. The Hall–Kier alpha value is -1.04. The van der Waals surface area contributed by atoms with Gasteiger partial charge in [0, 0.05) is 11.0 Å². The zero-order valence-corrected chi connectivity index (χ0v) is 13.0. The molecule has 0 radical (unpaired) electrons. The van der Waals surface area contributed by atoms with E-state index in [1.807, 2.05) is 37.3 Å². The minimum absolute atomic E-state index is 0.00364. The molecule has 3 atom stereocenters. The molecule has 0 aliphatic carbocycles. The molecular weight excluding hydrogens is 274 g/mol. The van der Waals surface area contributed by atoms with Gasteiger partial charge < -0.3 is 15.6 Å². The van der Waals surface area contributed by atoms with Crippen LogP contribution in [0.15, 0.2) is 30.3 Å². The highest BCUT2D eigenvalue weighted by Gasteiger charge is 2.38. The van der Waals surface area contributed by atoms with Gasteiger partial charge in [-0.3, -0.25) is 0 Å². The summed E-state index contributed by atoms with van der Waals surface area (Å²) in [6, 6.07) is 9.22. The van der Waals surface area contributed by atoms with Crippen LogP contribution in [0.5, 0.6) is 0 Å². The SMILES string of the molecule is CCOC(=O)C(N)(CSC(C)C(C)O)c1ccccc1. The highest BCUT2D eigenvalue weighted by molar-refractivity contribution is 8.00. The van der Waals surface area contributed by atoms with Crippen molar-refractivity contribution in [3.8, 4) is 0 Å². The Bertz CT molecular complexity index is 424. The first-order valence-electron chi connectivity index (χ1n) is 6.73. The summed E-state index contributed by atoms with van der Waals surface area (Å²) < 4.78 is 5.11. The van der Waals surface area contributed by atoms with Gasteiger partial charge in [-0.2, -0.15) is 11.8 Å². The molecule has 0 saturated heterocycles. The Labute approximate surface area is 124 Å². The van der Waals surface area contributed by atoms with Crippen molar-refractivity contribution < 1.29 is 14.6 Å². The molecule has 0 fully saturated rings. The second-order valence-corrected chi connectivity index (χ2v) is 6.18. The first-order valence-corrected chi connectivity index (χ1v) is 7.78. The fraction of sp³-hybridized carbons (Fsp3) is 0.533. The van der Waals surface area contributed by atoms with Crippen molar-refractivity contribution in [2.45, 2.75) is 37.7 Å². The summed E-state index contributed by atoms with van der Waals surface area (Å²) in [5.41, 5.74) is 5.86. The molecule has 1 rings (SSSR count). The van der Waals surface area contributed by atoms with E-state index >= 15 is 0 Å². The van der Waals surface area contributed by atoms with E-state index in [-0.39, 0.29) is 5.25 Å². The highest BCUT2D eigenvalue weighted by Crippen LogP contribution is 2.28. The maximum absolute atomic E-state index is 12.2. The standard InChI is InChI=1S/C15H23NO3S/c1-4-19-14(18)15(16,10-20-12(3)11(2)17)13-8-6-5-7-9-13/h5-9,11-12,17H,4,10,16H2,1-3H3. The van der Waals surface area contributed by atoms with Crippen LogP contribution in [0.4, 0.5) is 0 Å². The van der Waals surface area contributed by atoms with Crippen molar-refractivity contribution in [2.24, 2.45) is 5.73 Å². The van der Waals surface area contributed by atoms with Gasteiger partial charge >= 0.3 is 5.97 Å². The second-order valence-electron chi connectivity index (χ2n) is 4.81. The summed E-state index contributed by atoms with van der Waals surface area (Å²) >= 11 is 1.46. The average Bonchev–Trinajstić information content (AvgIpc) is 2.45. The molecular formula is C15H23NO3S. The average molecular weight is 297 g/mol. The van der Waals surface area contributed by atoms with Crippen molar-refractivity contribution in [1.29, 1.82) is 0 Å². The summed E-state index contributed by atoms with van der Waals surface area (Å²) in [6.45, 7) is 5.69. The zero-order chi connectivity index (χ0) is 15.2. The van der Waals surface area contributed by atoms with Crippen molar-refractivity contribution in [3.63, 3.8) is 0 Å². The summed E-state index contributed by atoms with van der Waals surface area (Å²) in [5, 5.41) is 9.55. The van der Waals surface area contributed by atoms with Gasteiger partial charge in [0.25, 0.3) is 0 Å². The van der Waals surface area contributed by atoms with Gasteiger partial charge in [0.05, 0.1) is 12.7 Å². The smallest absolute Gasteiger partial charge is 0.331 e. The van der Waals surface area contributed by atoms with E-state index in [0.717, 1.165) is 5.56 Å². The van der Waals surface area contributed by atoms with E-state index in [9.17, 15) is 9.90 Å². The fourth-order valence-corrected chi connectivity index (χ4v) is 2.75. The van der Waals surface area contributed by atoms with Gasteiger partial charge in [-0.15, -0.1) is 0 Å². The molecule has 0 bridgehead atoms. The number of carbonyl (C=O) groups is 1. The van der Waals surface area contributed by atoms with Crippen LogP contribution < -0.4 is 5.73 Å². The number of nitrogens with two attached hydrogens (primary N) is 1. The summed E-state index contributed by atoms with van der Waals surface area (Å²) in [7, 11) is 0. The highest BCUT2D eigenvalue weighted by atomic mass is 32.2. The topological polar surface area (TPSA) is 72.5 Å². The van der Waals surface area contributed by atoms with Crippen molar-refractivity contribution in [2.75, 3.05) is 12.4 Å². The predicted molar refractivity (Wildman–Crippen MR) is 82.5 cm³/mol. The summed E-state index contributed by atoms with van der Waals surface area (Å²) in [6.07, 6.45) is -0.456. The molecule has 1 aromatic carbocycles. The van der Waals surface area contributed by atoms with Gasteiger partial charge in [-0.1, -0.05) is 37.3 Å². The van der Waals surface area contributed by atoms with Crippen LogP contribution in [0.2, 0.25) is 0 Å². The van der Waals surface area contributed by atoms with E-state index in [4.69, 9.17) is 10.5 Å². The molecule has 0 aliphatic heterocycles. The molecule has 0 amide bonds. The number of benzene rings is 1. The lowest BCUT2D eigenvalue weighted by Crippen LogP contribution is -2.49. The van der Waals surface area contributed by atoms with Gasteiger partial charge in [0.15, 0.2) is 0 Å². The third-order valence-electron chi connectivity index (χ3n) is 3.18. The zero-order valence-electron chi connectivity index (χ0n) is 12.2. The number of thioether (sulfide) groups is 1. The molecule has 4 nitrogen and oxygen atoms in total. The minimum atomic E-state index is -1.19. The van der Waals surface area contributed by atoms with Crippen LogP contribution in [0.1, 0.15) is 26.3 Å². The molecule has 1 aromatic rings. The number of hydrogen-bond donors (Lipinski definition) is 2. The maximum Gasteiger partial charge on any atom is 0.331 e. The molecule has 0 aromatic heterocycles. The molecule has 0 saturated carbocycles. The second kappa shape index (κ2) is 7.67. The number of carbonyl (C=O) groups excluding carboxylic acids is 1. The Morgan fingerprint density at radius 3 is 2.50 bits per heavy atom. The van der Waals surface area contributed by atoms with Crippen LogP contribution in [0.25, 0.3) is 0 Å². The first kappa shape index (κ1) is 17.0.